The zero-order valence-corrected chi connectivity index (χ0v) is 20.7. The lowest BCUT2D eigenvalue weighted by Gasteiger charge is -2.40. The van der Waals surface area contributed by atoms with Gasteiger partial charge in [0, 0.05) is 0 Å². The number of carbonyl (C=O) groups excluding carboxylic acids is 2. The van der Waals surface area contributed by atoms with E-state index in [0.29, 0.717) is 6.42 Å². The molecule has 0 N–H and O–H groups in total. The predicted molar refractivity (Wildman–Crippen MR) is 123 cm³/mol. The highest BCUT2D eigenvalue weighted by molar-refractivity contribution is 6.74. The fourth-order valence-electron chi connectivity index (χ4n) is 3.57. The van der Waals surface area contributed by atoms with E-state index in [0.717, 1.165) is 5.56 Å². The van der Waals surface area contributed by atoms with E-state index >= 15 is 0 Å². The molecule has 0 unspecified atom stereocenters. The monoisotopic (exact) mass is 431 g/mol. The van der Waals surface area contributed by atoms with Gasteiger partial charge >= 0.3 is 6.09 Å². The molecule has 0 bridgehead atoms. The van der Waals surface area contributed by atoms with Gasteiger partial charge in [0.2, 0.25) is 5.91 Å². The minimum absolute atomic E-state index is 0.0143. The van der Waals surface area contributed by atoms with Crippen LogP contribution >= 0.6 is 0 Å². The van der Waals surface area contributed by atoms with Crippen molar-refractivity contribution in [1.82, 2.24) is 4.90 Å². The van der Waals surface area contributed by atoms with Crippen LogP contribution in [0.25, 0.3) is 0 Å². The summed E-state index contributed by atoms with van der Waals surface area (Å²) in [7, 11) is -2.09. The van der Waals surface area contributed by atoms with Gasteiger partial charge in [-0.1, -0.05) is 57.2 Å². The van der Waals surface area contributed by atoms with E-state index in [1.165, 1.54) is 4.90 Å². The Labute approximate surface area is 182 Å². The van der Waals surface area contributed by atoms with Crippen molar-refractivity contribution < 1.29 is 18.8 Å². The number of hydrogen-bond donors (Lipinski definition) is 0. The summed E-state index contributed by atoms with van der Waals surface area (Å²) in [5.74, 6) is -0.938. The van der Waals surface area contributed by atoms with Gasteiger partial charge in [0.15, 0.2) is 8.32 Å². The standard InChI is InChI=1S/C24H37NO4Si/c1-10-19(17(2)29-30(8,9)23(3,4)5)21(26)25-20(24(6,7)28-22(25)27)16-18-14-12-11-13-15-18/h10-15,17,19-20H,1,16H2,2-9H3/t17-,19+,20+/m1/s1. The van der Waals surface area contributed by atoms with Crippen molar-refractivity contribution in [2.45, 2.75) is 83.8 Å². The lowest BCUT2D eigenvalue weighted by atomic mass is 9.91. The first-order valence-corrected chi connectivity index (χ1v) is 13.5. The fourth-order valence-corrected chi connectivity index (χ4v) is 5.00. The summed E-state index contributed by atoms with van der Waals surface area (Å²) >= 11 is 0. The van der Waals surface area contributed by atoms with Crippen molar-refractivity contribution in [3.05, 3.63) is 48.6 Å². The van der Waals surface area contributed by atoms with Gasteiger partial charge in [-0.05, 0) is 50.9 Å². The van der Waals surface area contributed by atoms with Crippen LogP contribution in [0, 0.1) is 5.92 Å². The molecule has 0 aliphatic carbocycles. The van der Waals surface area contributed by atoms with Gasteiger partial charge in [0.05, 0.1) is 18.1 Å². The molecule has 3 atom stereocenters. The molecule has 1 heterocycles. The molecular formula is C24H37NO4Si. The predicted octanol–water partition coefficient (Wildman–Crippen LogP) is 5.57. The van der Waals surface area contributed by atoms with Gasteiger partial charge in [0.25, 0.3) is 0 Å². The summed E-state index contributed by atoms with van der Waals surface area (Å²) in [6.45, 7) is 20.3. The third kappa shape index (κ3) is 5.03. The van der Waals surface area contributed by atoms with Crippen molar-refractivity contribution in [2.24, 2.45) is 5.92 Å². The summed E-state index contributed by atoms with van der Waals surface area (Å²) in [6, 6.07) is 9.44. The zero-order chi connectivity index (χ0) is 22.9. The fraction of sp³-hybridized carbons (Fsp3) is 0.583. The topological polar surface area (TPSA) is 55.8 Å². The lowest BCUT2D eigenvalue weighted by molar-refractivity contribution is -0.134. The number of rotatable bonds is 7. The smallest absolute Gasteiger partial charge is 0.417 e. The van der Waals surface area contributed by atoms with Crippen LogP contribution in [0.5, 0.6) is 0 Å². The van der Waals surface area contributed by atoms with Crippen LogP contribution < -0.4 is 0 Å². The quantitative estimate of drug-likeness (QED) is 0.418. The van der Waals surface area contributed by atoms with Crippen molar-refractivity contribution >= 4 is 20.3 Å². The Morgan fingerprint density at radius 2 is 1.87 bits per heavy atom. The minimum atomic E-state index is -2.09. The lowest BCUT2D eigenvalue weighted by Crippen LogP contribution is -2.51. The summed E-state index contributed by atoms with van der Waals surface area (Å²) in [5, 5.41) is 0.0143. The number of ether oxygens (including phenoxy) is 1. The second-order valence-corrected chi connectivity index (χ2v) is 15.0. The first-order chi connectivity index (χ1) is 13.7. The number of imide groups is 1. The second kappa shape index (κ2) is 8.67. The highest BCUT2D eigenvalue weighted by atomic mass is 28.4. The maximum absolute atomic E-state index is 13.5. The second-order valence-electron chi connectivity index (χ2n) is 10.2. The van der Waals surface area contributed by atoms with Crippen molar-refractivity contribution in [3.63, 3.8) is 0 Å². The number of benzene rings is 1. The Bertz CT molecular complexity index is 782. The maximum atomic E-state index is 13.5. The molecule has 0 radical (unpaired) electrons. The Morgan fingerprint density at radius 3 is 2.37 bits per heavy atom. The van der Waals surface area contributed by atoms with Crippen LogP contribution in [0.1, 0.15) is 47.1 Å². The molecule has 5 nitrogen and oxygen atoms in total. The van der Waals surface area contributed by atoms with Gasteiger partial charge in [-0.2, -0.15) is 0 Å². The van der Waals surface area contributed by atoms with Gasteiger partial charge in [-0.15, -0.1) is 6.58 Å². The molecule has 166 valence electrons. The van der Waals surface area contributed by atoms with Crippen molar-refractivity contribution in [3.8, 4) is 0 Å². The van der Waals surface area contributed by atoms with Crippen LogP contribution in [0.4, 0.5) is 4.79 Å². The first kappa shape index (κ1) is 24.3. The van der Waals surface area contributed by atoms with Gasteiger partial charge < -0.3 is 9.16 Å². The SMILES string of the molecule is C=C[C@H](C(=O)N1C(=O)OC(C)(C)[C@@H]1Cc1ccccc1)[C@@H](C)O[Si](C)(C)C(C)(C)C. The molecule has 1 aromatic rings. The average Bonchev–Trinajstić information content (AvgIpc) is 2.83. The Morgan fingerprint density at radius 1 is 1.30 bits per heavy atom. The Hall–Kier alpha value is -1.92. The number of nitrogens with zero attached hydrogens (tertiary/aromatic N) is 1. The first-order valence-electron chi connectivity index (χ1n) is 10.6. The number of hydrogen-bond acceptors (Lipinski definition) is 4. The highest BCUT2D eigenvalue weighted by Gasteiger charge is 2.52. The van der Waals surface area contributed by atoms with Gasteiger partial charge in [-0.25, -0.2) is 9.69 Å². The molecular weight excluding hydrogens is 394 g/mol. The van der Waals surface area contributed by atoms with E-state index in [4.69, 9.17) is 9.16 Å². The molecule has 0 aromatic heterocycles. The normalized spacial score (nSPS) is 21.1. The number of amides is 2. The molecule has 1 aliphatic heterocycles. The highest BCUT2D eigenvalue weighted by Crippen LogP contribution is 2.39. The van der Waals surface area contributed by atoms with E-state index in [9.17, 15) is 9.59 Å². The average molecular weight is 432 g/mol. The Balaban J connectivity index is 2.29. The zero-order valence-electron chi connectivity index (χ0n) is 19.7. The molecule has 2 rings (SSSR count). The van der Waals surface area contributed by atoms with E-state index < -0.39 is 32.0 Å². The van der Waals surface area contributed by atoms with Crippen LogP contribution in [0.3, 0.4) is 0 Å². The molecule has 6 heteroatoms. The summed E-state index contributed by atoms with van der Waals surface area (Å²) in [6.07, 6.45) is 1.15. The van der Waals surface area contributed by atoms with Gasteiger partial charge in [0.1, 0.15) is 5.60 Å². The van der Waals surface area contributed by atoms with Crippen molar-refractivity contribution in [2.75, 3.05) is 0 Å². The molecule has 0 saturated carbocycles. The van der Waals surface area contributed by atoms with Crippen LogP contribution in [0.15, 0.2) is 43.0 Å². The van der Waals surface area contributed by atoms with Crippen LogP contribution in [-0.2, 0) is 20.4 Å². The summed E-state index contributed by atoms with van der Waals surface area (Å²) in [4.78, 5) is 27.6. The largest absolute Gasteiger partial charge is 0.441 e. The molecule has 1 aromatic carbocycles. The summed E-state index contributed by atoms with van der Waals surface area (Å²) in [5.41, 5.74) is 0.269. The Kier molecular flexibility index (Phi) is 7.04. The maximum Gasteiger partial charge on any atom is 0.417 e. The molecule has 1 aliphatic rings. The van der Waals surface area contributed by atoms with E-state index in [-0.39, 0.29) is 17.0 Å². The molecule has 30 heavy (non-hydrogen) atoms. The van der Waals surface area contributed by atoms with Crippen LogP contribution in [0.2, 0.25) is 18.1 Å². The van der Waals surface area contributed by atoms with Crippen molar-refractivity contribution in [1.29, 1.82) is 0 Å². The molecule has 0 spiro atoms. The van der Waals surface area contributed by atoms with E-state index in [1.807, 2.05) is 51.1 Å². The third-order valence-electron chi connectivity index (χ3n) is 6.50. The molecule has 1 saturated heterocycles. The van der Waals surface area contributed by atoms with E-state index in [1.54, 1.807) is 6.08 Å². The number of carbonyl (C=O) groups is 2. The third-order valence-corrected chi connectivity index (χ3v) is 11.1. The van der Waals surface area contributed by atoms with E-state index in [2.05, 4.69) is 40.4 Å². The minimum Gasteiger partial charge on any atom is -0.441 e. The molecule has 1 fully saturated rings. The number of cyclic esters (lactones) is 1. The van der Waals surface area contributed by atoms with Crippen LogP contribution in [-0.4, -0.2) is 43.0 Å². The van der Waals surface area contributed by atoms with Gasteiger partial charge in [-0.3, -0.25) is 4.79 Å². The summed E-state index contributed by atoms with van der Waals surface area (Å²) < 4.78 is 12.0. The molecule has 2 amide bonds.